The van der Waals surface area contributed by atoms with E-state index < -0.39 is 0 Å². The average molecular weight is 338 g/mol. The first-order valence-corrected chi connectivity index (χ1v) is 8.39. The van der Waals surface area contributed by atoms with Crippen molar-refractivity contribution in [2.75, 3.05) is 31.1 Å². The molecule has 2 aromatic carbocycles. The Bertz CT molecular complexity index is 828. The van der Waals surface area contributed by atoms with Crippen molar-refractivity contribution in [3.8, 4) is 11.5 Å². The van der Waals surface area contributed by atoms with Crippen molar-refractivity contribution < 1.29 is 8.91 Å². The fourth-order valence-corrected chi connectivity index (χ4v) is 3.04. The molecule has 0 N–H and O–H groups in total. The van der Waals surface area contributed by atoms with Crippen LogP contribution in [0.15, 0.2) is 59.1 Å². The maximum absolute atomic E-state index is 13.3. The Balaban J connectivity index is 1.37. The summed E-state index contributed by atoms with van der Waals surface area (Å²) in [5.74, 6) is 0.985. The van der Waals surface area contributed by atoms with Gasteiger partial charge in [0.2, 0.25) is 0 Å². The molecule has 3 aromatic rings. The first-order valence-electron chi connectivity index (χ1n) is 8.39. The van der Waals surface area contributed by atoms with Gasteiger partial charge in [0.05, 0.1) is 0 Å². The van der Waals surface area contributed by atoms with E-state index in [0.717, 1.165) is 43.9 Å². The third-order valence-electron chi connectivity index (χ3n) is 4.39. The Morgan fingerprint density at radius 3 is 2.52 bits per heavy atom. The van der Waals surface area contributed by atoms with E-state index in [1.807, 2.05) is 36.4 Å². The van der Waals surface area contributed by atoms with Gasteiger partial charge in [0, 0.05) is 38.3 Å². The lowest BCUT2D eigenvalue weighted by Gasteiger charge is -2.33. The summed E-state index contributed by atoms with van der Waals surface area (Å²) >= 11 is 0. The number of hydrogen-bond donors (Lipinski definition) is 0. The standard InChI is InChI=1S/C19H19FN4O/c20-17-8-4-5-15(13-17)14-23-9-11-24(12-10-23)19-21-18(25-22-19)16-6-2-1-3-7-16/h1-8,13H,9-12,14H2. The molecule has 1 fully saturated rings. The summed E-state index contributed by atoms with van der Waals surface area (Å²) in [6.07, 6.45) is 0. The van der Waals surface area contributed by atoms with Crippen molar-refractivity contribution in [1.82, 2.24) is 15.0 Å². The minimum atomic E-state index is -0.184. The van der Waals surface area contributed by atoms with Crippen LogP contribution in [0.1, 0.15) is 5.56 Å². The second-order valence-electron chi connectivity index (χ2n) is 6.16. The van der Waals surface area contributed by atoms with Crippen LogP contribution in [0.2, 0.25) is 0 Å². The third-order valence-corrected chi connectivity index (χ3v) is 4.39. The minimum absolute atomic E-state index is 0.184. The highest BCUT2D eigenvalue weighted by atomic mass is 19.1. The zero-order valence-corrected chi connectivity index (χ0v) is 13.8. The average Bonchev–Trinajstić information content (AvgIpc) is 3.13. The predicted octanol–water partition coefficient (Wildman–Crippen LogP) is 3.20. The number of anilines is 1. The minimum Gasteiger partial charge on any atom is -0.336 e. The smallest absolute Gasteiger partial charge is 0.266 e. The highest BCUT2D eigenvalue weighted by molar-refractivity contribution is 5.54. The van der Waals surface area contributed by atoms with Gasteiger partial charge in [0.1, 0.15) is 5.82 Å². The molecule has 1 aromatic heterocycles. The Morgan fingerprint density at radius 1 is 0.960 bits per heavy atom. The molecule has 1 aliphatic heterocycles. The molecule has 1 saturated heterocycles. The van der Waals surface area contributed by atoms with Crippen molar-refractivity contribution in [1.29, 1.82) is 0 Å². The molecule has 0 unspecified atom stereocenters. The monoisotopic (exact) mass is 338 g/mol. The molecule has 5 nitrogen and oxygen atoms in total. The van der Waals surface area contributed by atoms with Crippen LogP contribution in [-0.4, -0.2) is 41.2 Å². The van der Waals surface area contributed by atoms with E-state index >= 15 is 0 Å². The van der Waals surface area contributed by atoms with Gasteiger partial charge in [0.15, 0.2) is 0 Å². The second kappa shape index (κ2) is 7.03. The molecule has 2 heterocycles. The number of rotatable bonds is 4. The van der Waals surface area contributed by atoms with Gasteiger partial charge in [-0.1, -0.05) is 30.3 Å². The van der Waals surface area contributed by atoms with E-state index in [4.69, 9.17) is 4.52 Å². The zero-order valence-electron chi connectivity index (χ0n) is 13.8. The number of halogens is 1. The molecule has 128 valence electrons. The molecule has 0 saturated carbocycles. The van der Waals surface area contributed by atoms with Crippen LogP contribution in [0.4, 0.5) is 10.3 Å². The van der Waals surface area contributed by atoms with Gasteiger partial charge in [-0.2, -0.15) is 4.98 Å². The van der Waals surface area contributed by atoms with Crippen LogP contribution in [0, 0.1) is 5.82 Å². The lowest BCUT2D eigenvalue weighted by Crippen LogP contribution is -2.46. The van der Waals surface area contributed by atoms with E-state index in [1.54, 1.807) is 12.1 Å². The first kappa shape index (κ1) is 15.8. The number of nitrogens with zero attached hydrogens (tertiary/aromatic N) is 4. The van der Waals surface area contributed by atoms with Crippen LogP contribution >= 0.6 is 0 Å². The molecule has 1 aliphatic rings. The Kier molecular flexibility index (Phi) is 4.43. The number of aromatic nitrogens is 2. The van der Waals surface area contributed by atoms with Crippen molar-refractivity contribution >= 4 is 5.95 Å². The zero-order chi connectivity index (χ0) is 17.1. The van der Waals surface area contributed by atoms with Gasteiger partial charge < -0.3 is 9.42 Å². The van der Waals surface area contributed by atoms with Gasteiger partial charge in [-0.15, -0.1) is 0 Å². The van der Waals surface area contributed by atoms with E-state index in [2.05, 4.69) is 19.9 Å². The van der Waals surface area contributed by atoms with Crippen molar-refractivity contribution in [3.63, 3.8) is 0 Å². The van der Waals surface area contributed by atoms with E-state index in [9.17, 15) is 4.39 Å². The summed E-state index contributed by atoms with van der Waals surface area (Å²) in [5.41, 5.74) is 1.92. The molecule has 0 atom stereocenters. The lowest BCUT2D eigenvalue weighted by atomic mass is 10.2. The van der Waals surface area contributed by atoms with E-state index in [1.165, 1.54) is 6.07 Å². The fraction of sp³-hybridized carbons (Fsp3) is 0.263. The Morgan fingerprint density at radius 2 is 1.76 bits per heavy atom. The molecule has 0 spiro atoms. The van der Waals surface area contributed by atoms with Crippen molar-refractivity contribution in [3.05, 3.63) is 66.0 Å². The van der Waals surface area contributed by atoms with E-state index in [-0.39, 0.29) is 5.82 Å². The Labute approximate surface area is 145 Å². The number of benzene rings is 2. The van der Waals surface area contributed by atoms with Crippen LogP contribution in [0.3, 0.4) is 0 Å². The van der Waals surface area contributed by atoms with E-state index in [0.29, 0.717) is 11.8 Å². The van der Waals surface area contributed by atoms with Gasteiger partial charge in [0.25, 0.3) is 11.8 Å². The molecule has 0 radical (unpaired) electrons. The van der Waals surface area contributed by atoms with Gasteiger partial charge in [-0.25, -0.2) is 4.39 Å². The molecular weight excluding hydrogens is 319 g/mol. The number of hydrogen-bond acceptors (Lipinski definition) is 5. The van der Waals surface area contributed by atoms with Crippen LogP contribution in [0.25, 0.3) is 11.5 Å². The quantitative estimate of drug-likeness (QED) is 0.731. The fourth-order valence-electron chi connectivity index (χ4n) is 3.04. The summed E-state index contributed by atoms with van der Waals surface area (Å²) in [6.45, 7) is 4.16. The van der Waals surface area contributed by atoms with Crippen LogP contribution < -0.4 is 4.90 Å². The SMILES string of the molecule is Fc1cccc(CN2CCN(c3noc(-c4ccccc4)n3)CC2)c1. The van der Waals surface area contributed by atoms with Crippen molar-refractivity contribution in [2.24, 2.45) is 0 Å². The summed E-state index contributed by atoms with van der Waals surface area (Å²) in [5, 5.41) is 4.11. The maximum Gasteiger partial charge on any atom is 0.266 e. The number of piperazine rings is 1. The predicted molar refractivity (Wildman–Crippen MR) is 93.6 cm³/mol. The summed E-state index contributed by atoms with van der Waals surface area (Å²) in [4.78, 5) is 8.94. The first-order chi connectivity index (χ1) is 12.3. The summed E-state index contributed by atoms with van der Waals surface area (Å²) in [7, 11) is 0. The molecule has 4 rings (SSSR count). The van der Waals surface area contributed by atoms with Crippen molar-refractivity contribution in [2.45, 2.75) is 6.54 Å². The summed E-state index contributed by atoms with van der Waals surface area (Å²) in [6, 6.07) is 16.5. The maximum atomic E-state index is 13.3. The Hall–Kier alpha value is -2.73. The molecule has 0 amide bonds. The molecule has 0 bridgehead atoms. The summed E-state index contributed by atoms with van der Waals surface area (Å²) < 4.78 is 18.7. The lowest BCUT2D eigenvalue weighted by molar-refractivity contribution is 0.247. The molecule has 25 heavy (non-hydrogen) atoms. The van der Waals surface area contributed by atoms with Gasteiger partial charge in [-0.3, -0.25) is 4.90 Å². The topological polar surface area (TPSA) is 45.4 Å². The molecular formula is C19H19FN4O. The van der Waals surface area contributed by atoms with Crippen LogP contribution in [-0.2, 0) is 6.54 Å². The molecule has 6 heteroatoms. The van der Waals surface area contributed by atoms with Gasteiger partial charge in [-0.05, 0) is 35.0 Å². The largest absolute Gasteiger partial charge is 0.336 e. The normalized spacial score (nSPS) is 15.5. The third kappa shape index (κ3) is 3.69. The van der Waals surface area contributed by atoms with Crippen LogP contribution in [0.5, 0.6) is 0 Å². The highest BCUT2D eigenvalue weighted by Gasteiger charge is 2.21. The second-order valence-corrected chi connectivity index (χ2v) is 6.16. The molecule has 0 aliphatic carbocycles. The van der Waals surface area contributed by atoms with Gasteiger partial charge >= 0.3 is 0 Å². The highest BCUT2D eigenvalue weighted by Crippen LogP contribution is 2.21.